The van der Waals surface area contributed by atoms with E-state index in [1.807, 2.05) is 49.4 Å². The maximum atomic E-state index is 12.9. The Morgan fingerprint density at radius 3 is 2.36 bits per heavy atom. The van der Waals surface area contributed by atoms with Gasteiger partial charge in [-0.2, -0.15) is 17.9 Å². The Bertz CT molecular complexity index is 941. The average molecular weight is 352 g/mol. The Morgan fingerprint density at radius 1 is 1.04 bits per heavy atom. The van der Waals surface area contributed by atoms with Crippen LogP contribution in [0.5, 0.6) is 0 Å². The Hall–Kier alpha value is -2.40. The molecule has 4 nitrogen and oxygen atoms in total. The van der Waals surface area contributed by atoms with E-state index in [0.29, 0.717) is 12.5 Å². The summed E-state index contributed by atoms with van der Waals surface area (Å²) >= 11 is 0. The molecule has 0 aromatic heterocycles. The molecule has 5 heteroatoms. The third-order valence-electron chi connectivity index (χ3n) is 4.55. The molecule has 25 heavy (non-hydrogen) atoms. The zero-order valence-electron chi connectivity index (χ0n) is 14.1. The van der Waals surface area contributed by atoms with Crippen LogP contribution < -0.4 is 0 Å². The molecule has 0 amide bonds. The van der Waals surface area contributed by atoms with Gasteiger partial charge >= 0.3 is 0 Å². The fourth-order valence-corrected chi connectivity index (χ4v) is 4.22. The molecule has 1 saturated carbocycles. The second kappa shape index (κ2) is 6.15. The normalized spacial score (nSPS) is 19.3. The number of nitrogens with zero attached hydrogens (tertiary/aromatic N) is 2. The third kappa shape index (κ3) is 3.24. The lowest BCUT2D eigenvalue weighted by molar-refractivity contribution is 0.472. The van der Waals surface area contributed by atoms with Crippen molar-refractivity contribution in [1.82, 2.24) is 4.41 Å². The molecule has 1 fully saturated rings. The Morgan fingerprint density at radius 2 is 1.72 bits per heavy atom. The summed E-state index contributed by atoms with van der Waals surface area (Å²) in [6.45, 7) is 2.24. The van der Waals surface area contributed by atoms with Crippen LogP contribution in [0.2, 0.25) is 0 Å². The lowest BCUT2D eigenvalue weighted by Gasteiger charge is -2.14. The summed E-state index contributed by atoms with van der Waals surface area (Å²) in [5.74, 6) is 0.396. The van der Waals surface area contributed by atoms with Crippen LogP contribution in [-0.2, 0) is 10.0 Å². The monoisotopic (exact) mass is 352 g/mol. The topological polar surface area (TPSA) is 49.7 Å². The lowest BCUT2D eigenvalue weighted by atomic mass is 10.0. The van der Waals surface area contributed by atoms with Gasteiger partial charge in [-0.25, -0.2) is 0 Å². The molecule has 1 aliphatic heterocycles. The quantitative estimate of drug-likeness (QED) is 0.839. The second-order valence-electron chi connectivity index (χ2n) is 6.64. The van der Waals surface area contributed by atoms with Crippen LogP contribution in [0.3, 0.4) is 0 Å². The molecule has 0 N–H and O–H groups in total. The Labute approximate surface area is 148 Å². The molecule has 1 aliphatic carbocycles. The van der Waals surface area contributed by atoms with Crippen LogP contribution in [0.25, 0.3) is 6.08 Å². The second-order valence-corrected chi connectivity index (χ2v) is 8.48. The lowest BCUT2D eigenvalue weighted by Crippen LogP contribution is -2.24. The van der Waals surface area contributed by atoms with E-state index in [1.54, 1.807) is 12.1 Å². The minimum absolute atomic E-state index is 0.290. The maximum absolute atomic E-state index is 12.9. The molecule has 128 valence electrons. The van der Waals surface area contributed by atoms with E-state index in [4.69, 9.17) is 0 Å². The number of hydrogen-bond donors (Lipinski definition) is 0. The van der Waals surface area contributed by atoms with Gasteiger partial charge in [0.1, 0.15) is 0 Å². The number of sulfonamides is 1. The molecule has 2 aromatic carbocycles. The van der Waals surface area contributed by atoms with E-state index in [1.165, 1.54) is 4.41 Å². The van der Waals surface area contributed by atoms with E-state index in [2.05, 4.69) is 11.2 Å². The molecular weight excluding hydrogens is 332 g/mol. The van der Waals surface area contributed by atoms with Crippen molar-refractivity contribution in [2.75, 3.05) is 6.54 Å². The van der Waals surface area contributed by atoms with Crippen LogP contribution in [-0.4, -0.2) is 25.1 Å². The van der Waals surface area contributed by atoms with Gasteiger partial charge in [0, 0.05) is 5.92 Å². The highest BCUT2D eigenvalue weighted by Crippen LogP contribution is 2.38. The van der Waals surface area contributed by atoms with Crippen molar-refractivity contribution in [2.45, 2.75) is 24.7 Å². The number of benzene rings is 2. The summed E-state index contributed by atoms with van der Waals surface area (Å²) in [6.07, 6.45) is 4.23. The highest BCUT2D eigenvalue weighted by molar-refractivity contribution is 7.89. The van der Waals surface area contributed by atoms with E-state index in [9.17, 15) is 8.42 Å². The predicted molar refractivity (Wildman–Crippen MR) is 99.6 cm³/mol. The molecule has 0 atom stereocenters. The standard InChI is InChI=1S/C20H20N2O2S/c1-15-7-11-19(12-8-15)25(23,24)22-14-18(20(21-22)17-9-10-17)13-16-5-3-2-4-6-16/h2-8,11-13,17H,9-10,14H2,1H3/b18-13+. The van der Waals surface area contributed by atoms with Crippen molar-refractivity contribution in [1.29, 1.82) is 0 Å². The molecule has 2 aromatic rings. The van der Waals surface area contributed by atoms with Gasteiger partial charge in [0.25, 0.3) is 10.0 Å². The number of aryl methyl sites for hydroxylation is 1. The molecule has 1 heterocycles. The van der Waals surface area contributed by atoms with Gasteiger partial charge in [0.05, 0.1) is 17.2 Å². The summed E-state index contributed by atoms with van der Waals surface area (Å²) in [5, 5.41) is 4.49. The number of hydrogen-bond acceptors (Lipinski definition) is 3. The fourth-order valence-electron chi connectivity index (χ4n) is 2.99. The minimum Gasteiger partial charge on any atom is -0.200 e. The largest absolute Gasteiger partial charge is 0.279 e. The van der Waals surface area contributed by atoms with Crippen LogP contribution in [0.1, 0.15) is 24.0 Å². The van der Waals surface area contributed by atoms with Crippen LogP contribution in [0.15, 0.2) is 70.2 Å². The Balaban J connectivity index is 1.68. The number of rotatable bonds is 4. The zero-order valence-corrected chi connectivity index (χ0v) is 14.9. The average Bonchev–Trinajstić information content (AvgIpc) is 3.37. The number of hydrazone groups is 1. The molecule has 0 spiro atoms. The van der Waals surface area contributed by atoms with Gasteiger partial charge < -0.3 is 0 Å². The van der Waals surface area contributed by atoms with Crippen molar-refractivity contribution in [2.24, 2.45) is 11.0 Å². The summed E-state index contributed by atoms with van der Waals surface area (Å²) in [5.41, 5.74) is 4.04. The third-order valence-corrected chi connectivity index (χ3v) is 6.19. The Kier molecular flexibility index (Phi) is 3.96. The first-order chi connectivity index (χ1) is 12.0. The molecule has 2 aliphatic rings. The maximum Gasteiger partial charge on any atom is 0.279 e. The van der Waals surface area contributed by atoms with Gasteiger partial charge in [-0.3, -0.25) is 0 Å². The molecule has 0 unspecified atom stereocenters. The molecule has 0 saturated heterocycles. The first-order valence-corrected chi connectivity index (χ1v) is 9.92. The van der Waals surface area contributed by atoms with Crippen molar-refractivity contribution in [3.05, 3.63) is 71.3 Å². The summed E-state index contributed by atoms with van der Waals surface area (Å²) in [7, 11) is -3.61. The minimum atomic E-state index is -3.61. The van der Waals surface area contributed by atoms with Crippen molar-refractivity contribution < 1.29 is 8.42 Å². The van der Waals surface area contributed by atoms with Crippen molar-refractivity contribution >= 4 is 21.8 Å². The van der Waals surface area contributed by atoms with E-state index < -0.39 is 10.0 Å². The highest BCUT2D eigenvalue weighted by atomic mass is 32.2. The molecule has 0 bridgehead atoms. The first-order valence-electron chi connectivity index (χ1n) is 8.48. The summed E-state index contributed by atoms with van der Waals surface area (Å²) in [6, 6.07) is 16.9. The first kappa shape index (κ1) is 16.1. The van der Waals surface area contributed by atoms with E-state index >= 15 is 0 Å². The molecule has 0 radical (unpaired) electrons. The van der Waals surface area contributed by atoms with Crippen LogP contribution in [0, 0.1) is 12.8 Å². The van der Waals surface area contributed by atoms with Gasteiger partial charge in [-0.1, -0.05) is 48.0 Å². The zero-order chi connectivity index (χ0) is 17.4. The van der Waals surface area contributed by atoms with Crippen molar-refractivity contribution in [3.8, 4) is 0 Å². The molecular formula is C20H20N2O2S. The summed E-state index contributed by atoms with van der Waals surface area (Å²) in [4.78, 5) is 0.290. The van der Waals surface area contributed by atoms with E-state index in [-0.39, 0.29) is 4.90 Å². The fraction of sp³-hybridized carbons (Fsp3) is 0.250. The SMILES string of the molecule is Cc1ccc(S(=O)(=O)N2C/C(=C\c3ccccc3)C(C3CC3)=N2)cc1. The molecule has 4 rings (SSSR count). The van der Waals surface area contributed by atoms with Gasteiger partial charge in [0.15, 0.2) is 0 Å². The van der Waals surface area contributed by atoms with Gasteiger partial charge in [0.2, 0.25) is 0 Å². The van der Waals surface area contributed by atoms with Crippen molar-refractivity contribution in [3.63, 3.8) is 0 Å². The van der Waals surface area contributed by atoms with Crippen LogP contribution in [0.4, 0.5) is 0 Å². The smallest absolute Gasteiger partial charge is 0.200 e. The predicted octanol–water partition coefficient (Wildman–Crippen LogP) is 3.85. The highest BCUT2D eigenvalue weighted by Gasteiger charge is 2.38. The van der Waals surface area contributed by atoms with E-state index in [0.717, 1.165) is 35.3 Å². The van der Waals surface area contributed by atoms with Crippen LogP contribution >= 0.6 is 0 Å². The van der Waals surface area contributed by atoms with Gasteiger partial charge in [-0.05, 0) is 49.1 Å². The summed E-state index contributed by atoms with van der Waals surface area (Å²) < 4.78 is 27.1. The van der Waals surface area contributed by atoms with Gasteiger partial charge in [-0.15, -0.1) is 0 Å².